The van der Waals surface area contributed by atoms with Crippen molar-refractivity contribution in [2.45, 2.75) is 50.2 Å². The quantitative estimate of drug-likeness (QED) is 0.0925. The van der Waals surface area contributed by atoms with Crippen molar-refractivity contribution in [1.82, 2.24) is 9.80 Å². The van der Waals surface area contributed by atoms with Gasteiger partial charge in [0.25, 0.3) is 0 Å². The van der Waals surface area contributed by atoms with E-state index in [9.17, 15) is 9.59 Å². The Bertz CT molecular complexity index is 1960. The third kappa shape index (κ3) is 10.5. The molecular formula is C44H53ClN2O10S. The minimum absolute atomic E-state index is 0.244. The highest BCUT2D eigenvalue weighted by atomic mass is 35.5. The summed E-state index contributed by atoms with van der Waals surface area (Å²) in [7, 11) is 7.80. The summed E-state index contributed by atoms with van der Waals surface area (Å²) in [4.78, 5) is 34.2. The molecule has 2 saturated heterocycles. The van der Waals surface area contributed by atoms with Gasteiger partial charge in [0, 0.05) is 31.1 Å². The van der Waals surface area contributed by atoms with Crippen LogP contribution < -0.4 is 28.4 Å². The van der Waals surface area contributed by atoms with E-state index in [1.54, 1.807) is 37.3 Å². The lowest BCUT2D eigenvalue weighted by atomic mass is 9.92. The Morgan fingerprint density at radius 1 is 0.810 bits per heavy atom. The van der Waals surface area contributed by atoms with Crippen molar-refractivity contribution in [3.63, 3.8) is 0 Å². The fraction of sp³-hybridized carbons (Fsp3) is 0.455. The van der Waals surface area contributed by atoms with E-state index >= 15 is 0 Å². The summed E-state index contributed by atoms with van der Waals surface area (Å²) in [5.74, 6) is 1.68. The van der Waals surface area contributed by atoms with E-state index in [1.165, 1.54) is 32.7 Å². The molecule has 58 heavy (non-hydrogen) atoms. The van der Waals surface area contributed by atoms with Crippen LogP contribution in [0.4, 0.5) is 0 Å². The maximum Gasteiger partial charge on any atom is 0.329 e. The van der Waals surface area contributed by atoms with E-state index in [2.05, 4.69) is 4.90 Å². The third-order valence-electron chi connectivity index (χ3n) is 10.6. The van der Waals surface area contributed by atoms with Crippen molar-refractivity contribution < 1.29 is 47.5 Å². The molecule has 1 amide bonds. The van der Waals surface area contributed by atoms with Gasteiger partial charge in [-0.1, -0.05) is 29.8 Å². The van der Waals surface area contributed by atoms with Gasteiger partial charge in [-0.3, -0.25) is 9.69 Å². The zero-order valence-corrected chi connectivity index (χ0v) is 35.4. The number of carbonyl (C=O) groups is 2. The molecule has 0 spiro atoms. The van der Waals surface area contributed by atoms with Crippen molar-refractivity contribution in [2.24, 2.45) is 0 Å². The number of nitrogens with zero attached hydrogens (tertiary/aromatic N) is 2. The first-order valence-electron chi connectivity index (χ1n) is 19.6. The Labute approximate surface area is 349 Å². The van der Waals surface area contributed by atoms with Gasteiger partial charge < -0.3 is 42.8 Å². The number of esters is 1. The number of hydrogen-bond acceptors (Lipinski definition) is 12. The summed E-state index contributed by atoms with van der Waals surface area (Å²) in [6.07, 6.45) is 2.40. The summed E-state index contributed by atoms with van der Waals surface area (Å²) < 4.78 is 46.6. The van der Waals surface area contributed by atoms with Gasteiger partial charge in [-0.2, -0.15) is 0 Å². The molecule has 0 unspecified atom stereocenters. The summed E-state index contributed by atoms with van der Waals surface area (Å²) in [5.41, 5.74) is 2.41. The van der Waals surface area contributed by atoms with Crippen LogP contribution in [0.1, 0.15) is 59.3 Å². The highest BCUT2D eigenvalue weighted by molar-refractivity contribution is 7.16. The van der Waals surface area contributed by atoms with Crippen LogP contribution in [0.25, 0.3) is 0 Å². The number of amides is 1. The molecule has 0 bridgehead atoms. The van der Waals surface area contributed by atoms with Crippen molar-refractivity contribution in [3.8, 4) is 34.5 Å². The van der Waals surface area contributed by atoms with Crippen LogP contribution in [0.3, 0.4) is 0 Å². The van der Waals surface area contributed by atoms with Crippen LogP contribution in [0.15, 0.2) is 66.7 Å². The topological polar surface area (TPSA) is 114 Å². The molecule has 0 N–H and O–H groups in total. The Balaban J connectivity index is 1.27. The molecular weight excluding hydrogens is 784 g/mol. The molecule has 2 fully saturated rings. The molecule has 1 aromatic heterocycles. The average molecular weight is 837 g/mol. The molecule has 4 aromatic rings. The first-order chi connectivity index (χ1) is 28.3. The van der Waals surface area contributed by atoms with Crippen molar-refractivity contribution in [2.75, 3.05) is 81.5 Å². The maximum absolute atomic E-state index is 14.9. The number of carbonyl (C=O) groups excluding carboxylic acids is 2. The van der Waals surface area contributed by atoms with E-state index in [-0.39, 0.29) is 5.91 Å². The molecule has 6 rings (SSSR count). The predicted octanol–water partition coefficient (Wildman–Crippen LogP) is 7.59. The highest BCUT2D eigenvalue weighted by Crippen LogP contribution is 2.44. The van der Waals surface area contributed by atoms with Gasteiger partial charge in [-0.05, 0) is 97.3 Å². The summed E-state index contributed by atoms with van der Waals surface area (Å²) in [5, 5.41) is 0. The van der Waals surface area contributed by atoms with Gasteiger partial charge in [0.05, 0.1) is 59.0 Å². The minimum Gasteiger partial charge on any atom is -0.493 e. The van der Waals surface area contributed by atoms with Crippen LogP contribution in [0.5, 0.6) is 34.5 Å². The highest BCUT2D eigenvalue weighted by Gasteiger charge is 2.39. The number of hydrogen-bond donors (Lipinski definition) is 0. The fourth-order valence-electron chi connectivity index (χ4n) is 7.55. The monoisotopic (exact) mass is 836 g/mol. The molecule has 3 aromatic carbocycles. The normalized spacial score (nSPS) is 16.9. The van der Waals surface area contributed by atoms with Gasteiger partial charge >= 0.3 is 5.97 Å². The molecule has 14 heteroatoms. The lowest BCUT2D eigenvalue weighted by molar-refractivity contribution is -0.162. The minimum atomic E-state index is -0.808. The largest absolute Gasteiger partial charge is 0.493 e. The molecule has 12 nitrogen and oxygen atoms in total. The smallest absolute Gasteiger partial charge is 0.329 e. The number of halogens is 1. The van der Waals surface area contributed by atoms with Crippen LogP contribution in [0, 0.1) is 0 Å². The summed E-state index contributed by atoms with van der Waals surface area (Å²) in [6, 6.07) is 19.9. The number of thiophene rings is 1. The van der Waals surface area contributed by atoms with Gasteiger partial charge in [0.1, 0.15) is 24.5 Å². The molecule has 2 aliphatic heterocycles. The zero-order chi connectivity index (χ0) is 41.0. The number of benzene rings is 3. The van der Waals surface area contributed by atoms with Crippen molar-refractivity contribution >= 4 is 34.8 Å². The molecule has 0 saturated carbocycles. The molecule has 2 aliphatic rings. The Kier molecular flexibility index (Phi) is 15.4. The van der Waals surface area contributed by atoms with E-state index in [0.29, 0.717) is 76.8 Å². The predicted molar refractivity (Wildman–Crippen MR) is 223 cm³/mol. The molecule has 3 heterocycles. The SMILES string of the molecule is COc1ccc(CC[C@H](OC(=O)[C@H]2CCCCN2C(=O)[C@H](c2cc(OC)c(OC)c(OC)c2)c2ccc(Cl)s2)c2cccc(OCCN3CCOCC3)c2)cc1OC. The third-order valence-corrected chi connectivity index (χ3v) is 11.9. The van der Waals surface area contributed by atoms with Crippen LogP contribution in [-0.4, -0.2) is 109 Å². The summed E-state index contributed by atoms with van der Waals surface area (Å²) >= 11 is 7.76. The number of morpholine rings is 1. The second-order valence-electron chi connectivity index (χ2n) is 14.1. The zero-order valence-electron chi connectivity index (χ0n) is 33.8. The molecule has 0 aliphatic carbocycles. The van der Waals surface area contributed by atoms with E-state index in [0.717, 1.165) is 61.7 Å². The number of aryl methyl sites for hydroxylation is 1. The van der Waals surface area contributed by atoms with Crippen molar-refractivity contribution in [3.05, 3.63) is 92.6 Å². The van der Waals surface area contributed by atoms with Gasteiger partial charge in [0.2, 0.25) is 11.7 Å². The second kappa shape index (κ2) is 20.8. The fourth-order valence-corrected chi connectivity index (χ4v) is 8.74. The van der Waals surface area contributed by atoms with Crippen molar-refractivity contribution in [1.29, 1.82) is 0 Å². The average Bonchev–Trinajstić information content (AvgIpc) is 3.69. The van der Waals surface area contributed by atoms with Crippen LogP contribution in [-0.2, 0) is 25.5 Å². The second-order valence-corrected chi connectivity index (χ2v) is 15.9. The van der Waals surface area contributed by atoms with Crippen LogP contribution in [0.2, 0.25) is 4.34 Å². The lowest BCUT2D eigenvalue weighted by Crippen LogP contribution is -2.50. The number of rotatable bonds is 18. The van der Waals surface area contributed by atoms with E-state index in [1.807, 2.05) is 48.5 Å². The van der Waals surface area contributed by atoms with Gasteiger partial charge in [0.15, 0.2) is 23.0 Å². The molecule has 312 valence electrons. The van der Waals surface area contributed by atoms with Gasteiger partial charge in [-0.25, -0.2) is 4.79 Å². The standard InChI is InChI=1S/C44H53ClN2O10S/c1-50-35-15-13-29(25-36(35)51-2)12-14-34(30-9-8-10-32(26-30)56-24-21-46-19-22-55-23-20-46)57-44(49)33-11-6-7-18-47(33)43(48)41(39-16-17-40(45)58-39)31-27-37(52-3)42(54-5)38(28-31)53-4/h8-10,13,15-17,25-28,33-34,41H,6-7,11-12,14,18-24H2,1-5H3/t33-,34+,41-/m1/s1. The number of ether oxygens (including phenoxy) is 8. The Hall–Kier alpha value is -4.69. The van der Waals surface area contributed by atoms with Gasteiger partial charge in [-0.15, -0.1) is 11.3 Å². The van der Waals surface area contributed by atoms with E-state index in [4.69, 9.17) is 49.5 Å². The lowest BCUT2D eigenvalue weighted by Gasteiger charge is -2.37. The van der Waals surface area contributed by atoms with Crippen LogP contribution >= 0.6 is 22.9 Å². The number of likely N-dealkylation sites (tertiary alicyclic amines) is 1. The maximum atomic E-state index is 14.9. The molecule has 3 atom stereocenters. The Morgan fingerprint density at radius 3 is 2.22 bits per heavy atom. The number of piperidine rings is 1. The summed E-state index contributed by atoms with van der Waals surface area (Å²) in [6.45, 7) is 4.89. The molecule has 0 radical (unpaired) electrons. The first kappa shape index (κ1) is 42.9. The first-order valence-corrected chi connectivity index (χ1v) is 20.8. The van der Waals surface area contributed by atoms with E-state index < -0.39 is 24.0 Å². The number of methoxy groups -OCH3 is 5. The Morgan fingerprint density at radius 2 is 1.55 bits per heavy atom.